The first-order valence-corrected chi connectivity index (χ1v) is 9.86. The molecular weight excluding hydrogens is 463 g/mol. The third-order valence-electron chi connectivity index (χ3n) is 4.13. The number of aliphatic imine (C=N–C) groups is 1. The van der Waals surface area contributed by atoms with Crippen LogP contribution < -0.4 is 14.8 Å². The SMILES string of the molecule is COc1cc(C=C2SC(=NCC(=O)O)NC2=O)ccc1Oc1ccc(C#N)cc1C(F)(F)F. The smallest absolute Gasteiger partial charge is 0.420 e. The number of nitriles is 1. The number of nitrogens with zero attached hydrogens (tertiary/aromatic N) is 2. The molecule has 1 aliphatic heterocycles. The van der Waals surface area contributed by atoms with Crippen LogP contribution in [0.25, 0.3) is 6.08 Å². The van der Waals surface area contributed by atoms with Crippen molar-refractivity contribution < 1.29 is 37.3 Å². The van der Waals surface area contributed by atoms with Gasteiger partial charge in [0.25, 0.3) is 5.91 Å². The third-order valence-corrected chi connectivity index (χ3v) is 5.08. The predicted octanol–water partition coefficient (Wildman–Crippen LogP) is 4.02. The van der Waals surface area contributed by atoms with Crippen LogP contribution in [0.15, 0.2) is 46.3 Å². The molecule has 2 aromatic carbocycles. The second-order valence-corrected chi connectivity index (χ2v) is 7.44. The van der Waals surface area contributed by atoms with E-state index in [2.05, 4.69) is 10.3 Å². The molecule has 1 heterocycles. The van der Waals surface area contributed by atoms with E-state index in [4.69, 9.17) is 19.8 Å². The number of carboxylic acid groups (broad SMARTS) is 1. The number of halogens is 3. The minimum Gasteiger partial charge on any atom is -0.493 e. The zero-order valence-electron chi connectivity index (χ0n) is 16.8. The molecule has 2 N–H and O–H groups in total. The second-order valence-electron chi connectivity index (χ2n) is 6.41. The molecule has 0 aromatic heterocycles. The summed E-state index contributed by atoms with van der Waals surface area (Å²) in [5.74, 6) is -2.04. The molecule has 1 fully saturated rings. The lowest BCUT2D eigenvalue weighted by Crippen LogP contribution is -2.20. The Balaban J connectivity index is 1.88. The summed E-state index contributed by atoms with van der Waals surface area (Å²) in [6.45, 7) is -0.495. The number of amidine groups is 1. The van der Waals surface area contributed by atoms with Crippen molar-refractivity contribution >= 4 is 34.9 Å². The summed E-state index contributed by atoms with van der Waals surface area (Å²) in [4.78, 5) is 26.7. The van der Waals surface area contributed by atoms with Crippen molar-refractivity contribution in [2.24, 2.45) is 4.99 Å². The molecule has 0 unspecified atom stereocenters. The number of hydrogen-bond acceptors (Lipinski definition) is 7. The standard InChI is InChI=1S/C21H14F3N3O5S/c1-31-16-7-11(8-17-19(30)27-20(33-17)26-10-18(28)29)2-5-15(16)32-14-4-3-12(9-25)6-13(14)21(22,23)24/h2-8H,10H2,1H3,(H,28,29)(H,26,27,30). The fourth-order valence-corrected chi connectivity index (χ4v) is 3.50. The molecule has 0 bridgehead atoms. The van der Waals surface area contributed by atoms with E-state index in [1.54, 1.807) is 6.07 Å². The second kappa shape index (κ2) is 9.66. The average Bonchev–Trinajstić information content (AvgIpc) is 3.11. The maximum Gasteiger partial charge on any atom is 0.420 e. The van der Waals surface area contributed by atoms with Gasteiger partial charge in [-0.1, -0.05) is 6.07 Å². The van der Waals surface area contributed by atoms with Crippen molar-refractivity contribution in [1.82, 2.24) is 5.32 Å². The van der Waals surface area contributed by atoms with Gasteiger partial charge in [-0.15, -0.1) is 0 Å². The minimum absolute atomic E-state index is 0.0120. The number of thioether (sulfide) groups is 1. The number of nitrogens with one attached hydrogen (secondary N) is 1. The average molecular weight is 477 g/mol. The molecule has 1 saturated heterocycles. The Hall–Kier alpha value is -3.98. The molecule has 1 amide bonds. The summed E-state index contributed by atoms with van der Waals surface area (Å²) < 4.78 is 50.9. The zero-order chi connectivity index (χ0) is 24.2. The Morgan fingerprint density at radius 2 is 1.97 bits per heavy atom. The normalized spacial score (nSPS) is 15.9. The molecule has 0 aliphatic carbocycles. The molecule has 0 radical (unpaired) electrons. The van der Waals surface area contributed by atoms with Crippen LogP contribution in [-0.2, 0) is 15.8 Å². The molecule has 33 heavy (non-hydrogen) atoms. The van der Waals surface area contributed by atoms with E-state index in [0.29, 0.717) is 11.6 Å². The summed E-state index contributed by atoms with van der Waals surface area (Å²) in [6.07, 6.45) is -3.26. The maximum absolute atomic E-state index is 13.4. The van der Waals surface area contributed by atoms with Gasteiger partial charge >= 0.3 is 12.1 Å². The van der Waals surface area contributed by atoms with Crippen LogP contribution in [0.2, 0.25) is 0 Å². The lowest BCUT2D eigenvalue weighted by atomic mass is 10.1. The third kappa shape index (κ3) is 5.83. The number of carboxylic acids is 1. The van der Waals surface area contributed by atoms with Gasteiger partial charge in [-0.25, -0.2) is 0 Å². The lowest BCUT2D eigenvalue weighted by molar-refractivity contribution is -0.138. The first kappa shape index (κ1) is 23.7. The molecule has 12 heteroatoms. The number of alkyl halides is 3. The number of aliphatic carboxylic acids is 1. The highest BCUT2D eigenvalue weighted by atomic mass is 32.2. The molecule has 8 nitrogen and oxygen atoms in total. The van der Waals surface area contributed by atoms with Gasteiger partial charge in [0.05, 0.1) is 29.2 Å². The Morgan fingerprint density at radius 3 is 2.61 bits per heavy atom. The zero-order valence-corrected chi connectivity index (χ0v) is 17.6. The van der Waals surface area contributed by atoms with E-state index >= 15 is 0 Å². The molecule has 3 rings (SSSR count). The topological polar surface area (TPSA) is 121 Å². The summed E-state index contributed by atoms with van der Waals surface area (Å²) in [5.41, 5.74) is -0.795. The first-order valence-electron chi connectivity index (χ1n) is 9.05. The largest absolute Gasteiger partial charge is 0.493 e. The minimum atomic E-state index is -4.74. The van der Waals surface area contributed by atoms with Crippen molar-refractivity contribution in [2.75, 3.05) is 13.7 Å². The van der Waals surface area contributed by atoms with Crippen LogP contribution >= 0.6 is 11.8 Å². The van der Waals surface area contributed by atoms with E-state index < -0.39 is 35.9 Å². The van der Waals surface area contributed by atoms with Gasteiger partial charge in [-0.05, 0) is 53.7 Å². The number of hydrogen-bond donors (Lipinski definition) is 2. The number of ether oxygens (including phenoxy) is 2. The number of carbonyl (C=O) groups is 2. The Bertz CT molecular complexity index is 1220. The van der Waals surface area contributed by atoms with Crippen LogP contribution in [0.3, 0.4) is 0 Å². The number of methoxy groups -OCH3 is 1. The van der Waals surface area contributed by atoms with Gasteiger partial charge in [-0.2, -0.15) is 18.4 Å². The van der Waals surface area contributed by atoms with Gasteiger partial charge in [0.2, 0.25) is 0 Å². The van der Waals surface area contributed by atoms with Crippen molar-refractivity contribution in [2.45, 2.75) is 6.18 Å². The van der Waals surface area contributed by atoms with Crippen LogP contribution in [0.5, 0.6) is 17.2 Å². The van der Waals surface area contributed by atoms with Crippen molar-refractivity contribution in [3.63, 3.8) is 0 Å². The molecule has 1 aliphatic rings. The van der Waals surface area contributed by atoms with Crippen LogP contribution in [0.4, 0.5) is 13.2 Å². The fraction of sp³-hybridized carbons (Fsp3) is 0.143. The summed E-state index contributed by atoms with van der Waals surface area (Å²) >= 11 is 0.948. The molecule has 0 saturated carbocycles. The lowest BCUT2D eigenvalue weighted by Gasteiger charge is -2.16. The Kier molecular flexibility index (Phi) is 6.93. The highest BCUT2D eigenvalue weighted by molar-refractivity contribution is 8.18. The maximum atomic E-state index is 13.4. The molecule has 0 spiro atoms. The summed E-state index contributed by atoms with van der Waals surface area (Å²) in [5, 5.41) is 20.1. The Labute approximate surface area is 189 Å². The quantitative estimate of drug-likeness (QED) is 0.603. The highest BCUT2D eigenvalue weighted by Gasteiger charge is 2.35. The summed E-state index contributed by atoms with van der Waals surface area (Å²) in [7, 11) is 1.30. The van der Waals surface area contributed by atoms with E-state index in [1.807, 2.05) is 0 Å². The fourth-order valence-electron chi connectivity index (χ4n) is 2.68. The first-order chi connectivity index (χ1) is 15.6. The van der Waals surface area contributed by atoms with Gasteiger partial charge in [0.1, 0.15) is 12.3 Å². The highest BCUT2D eigenvalue weighted by Crippen LogP contribution is 2.41. The molecule has 0 atom stereocenters. The van der Waals surface area contributed by atoms with Crippen LogP contribution in [-0.4, -0.2) is 35.8 Å². The Morgan fingerprint density at radius 1 is 1.24 bits per heavy atom. The number of rotatable bonds is 6. The molecular formula is C21H14F3N3O5S. The van der Waals surface area contributed by atoms with E-state index in [-0.39, 0.29) is 27.1 Å². The van der Waals surface area contributed by atoms with E-state index in [0.717, 1.165) is 17.8 Å². The number of benzene rings is 2. The van der Waals surface area contributed by atoms with Gasteiger partial charge in [0.15, 0.2) is 16.7 Å². The van der Waals surface area contributed by atoms with Gasteiger partial charge < -0.3 is 19.9 Å². The van der Waals surface area contributed by atoms with E-state index in [9.17, 15) is 22.8 Å². The van der Waals surface area contributed by atoms with Crippen molar-refractivity contribution in [3.05, 3.63) is 58.0 Å². The van der Waals surface area contributed by atoms with Crippen molar-refractivity contribution in [3.8, 4) is 23.3 Å². The molecule has 2 aromatic rings. The van der Waals surface area contributed by atoms with E-state index in [1.165, 1.54) is 37.5 Å². The van der Waals surface area contributed by atoms with Crippen LogP contribution in [0.1, 0.15) is 16.7 Å². The molecule has 170 valence electrons. The monoisotopic (exact) mass is 477 g/mol. The van der Waals surface area contributed by atoms with Gasteiger partial charge in [-0.3, -0.25) is 14.6 Å². The predicted molar refractivity (Wildman–Crippen MR) is 113 cm³/mol. The number of amides is 1. The number of carbonyl (C=O) groups excluding carboxylic acids is 1. The van der Waals surface area contributed by atoms with Crippen LogP contribution in [0, 0.1) is 11.3 Å². The van der Waals surface area contributed by atoms with Gasteiger partial charge in [0, 0.05) is 0 Å². The van der Waals surface area contributed by atoms with Crippen molar-refractivity contribution in [1.29, 1.82) is 5.26 Å². The summed E-state index contributed by atoms with van der Waals surface area (Å²) in [6, 6.07) is 8.94.